The van der Waals surface area contributed by atoms with Gasteiger partial charge in [-0.25, -0.2) is 14.6 Å². The summed E-state index contributed by atoms with van der Waals surface area (Å²) >= 11 is 0. The Balaban J connectivity index is 1.62. The number of nitrogens with zero attached hydrogens (tertiary/aromatic N) is 2. The van der Waals surface area contributed by atoms with Gasteiger partial charge >= 0.3 is 11.9 Å². The van der Waals surface area contributed by atoms with Crippen molar-refractivity contribution in [3.8, 4) is 22.9 Å². The third-order valence-electron chi connectivity index (χ3n) is 5.80. The monoisotopic (exact) mass is 468 g/mol. The van der Waals surface area contributed by atoms with Gasteiger partial charge in [0.05, 0.1) is 23.0 Å². The second-order valence-corrected chi connectivity index (χ2v) is 7.98. The molecule has 8 nitrogen and oxygen atoms in total. The van der Waals surface area contributed by atoms with Crippen LogP contribution >= 0.6 is 0 Å². The number of aromatic hydroxyl groups is 2. The van der Waals surface area contributed by atoms with E-state index in [-0.39, 0.29) is 18.4 Å². The van der Waals surface area contributed by atoms with Crippen LogP contribution in [0.25, 0.3) is 32.9 Å². The van der Waals surface area contributed by atoms with Gasteiger partial charge in [-0.3, -0.25) is 0 Å². The smallest absolute Gasteiger partial charge is 0.337 e. The lowest BCUT2D eigenvalue weighted by atomic mass is 9.91. The maximum atomic E-state index is 12.5. The molecule has 5 aromatic rings. The van der Waals surface area contributed by atoms with Crippen molar-refractivity contribution in [2.45, 2.75) is 12.8 Å². The van der Waals surface area contributed by atoms with E-state index >= 15 is 0 Å². The van der Waals surface area contributed by atoms with E-state index in [0.29, 0.717) is 32.1 Å². The van der Waals surface area contributed by atoms with Gasteiger partial charge in [0.1, 0.15) is 0 Å². The van der Waals surface area contributed by atoms with Gasteiger partial charge in [-0.15, -0.1) is 4.73 Å². The lowest BCUT2D eigenvalue weighted by Gasteiger charge is -2.15. The zero-order chi connectivity index (χ0) is 24.5. The summed E-state index contributed by atoms with van der Waals surface area (Å²) in [4.78, 5) is 34.7. The molecule has 0 spiro atoms. The van der Waals surface area contributed by atoms with Gasteiger partial charge in [-0.05, 0) is 29.2 Å². The molecule has 0 atom stereocenters. The van der Waals surface area contributed by atoms with Gasteiger partial charge in [0.15, 0.2) is 0 Å². The second kappa shape index (κ2) is 8.83. The number of pyridine rings is 1. The van der Waals surface area contributed by atoms with Crippen molar-refractivity contribution >= 4 is 33.7 Å². The van der Waals surface area contributed by atoms with Crippen molar-refractivity contribution < 1.29 is 29.7 Å². The van der Waals surface area contributed by atoms with E-state index in [1.807, 2.05) is 42.5 Å². The van der Waals surface area contributed by atoms with E-state index in [2.05, 4.69) is 0 Å². The summed E-state index contributed by atoms with van der Waals surface area (Å²) in [6.07, 6.45) is 0.116. The Bertz CT molecular complexity index is 1570. The number of benzene rings is 3. The van der Waals surface area contributed by atoms with Crippen LogP contribution in [0.3, 0.4) is 0 Å². The minimum absolute atomic E-state index is 0.0895. The number of hydrogen-bond acceptors (Lipinski definition) is 6. The molecule has 0 saturated heterocycles. The standard InChI is InChI=1S/C27H20N2O6/c30-21-13-14-22(31)29(21)35-23(32)15-11-17-10-12-18(16-6-2-1-3-7-16)24-25(27(33)34)19-8-4-5-9-20(19)28-26(17)24/h1-10,12-14,30-31H,11,15H2,(H,33,34). The van der Waals surface area contributed by atoms with Crippen LogP contribution in [0.4, 0.5) is 0 Å². The summed E-state index contributed by atoms with van der Waals surface area (Å²) < 4.78 is 0.632. The Labute approximate surface area is 199 Å². The second-order valence-electron chi connectivity index (χ2n) is 7.98. The highest BCUT2D eigenvalue weighted by Gasteiger charge is 2.21. The summed E-state index contributed by atoms with van der Waals surface area (Å²) in [5, 5.41) is 30.6. The summed E-state index contributed by atoms with van der Waals surface area (Å²) in [5.74, 6) is -2.58. The molecule has 0 unspecified atom stereocenters. The van der Waals surface area contributed by atoms with E-state index < -0.39 is 23.7 Å². The maximum absolute atomic E-state index is 12.5. The van der Waals surface area contributed by atoms with Gasteiger partial charge in [-0.1, -0.05) is 60.7 Å². The first-order chi connectivity index (χ1) is 16.9. The summed E-state index contributed by atoms with van der Waals surface area (Å²) in [6, 6.07) is 22.6. The molecule has 0 saturated carbocycles. The Hall–Kier alpha value is -4.85. The molecule has 2 heterocycles. The number of carboxylic acid groups (broad SMARTS) is 1. The van der Waals surface area contributed by atoms with Crippen molar-refractivity contribution in [2.75, 3.05) is 0 Å². The van der Waals surface area contributed by atoms with E-state index in [9.17, 15) is 24.9 Å². The summed E-state index contributed by atoms with van der Waals surface area (Å²) in [7, 11) is 0. The molecule has 0 amide bonds. The highest BCUT2D eigenvalue weighted by molar-refractivity contribution is 6.18. The van der Waals surface area contributed by atoms with Crippen LogP contribution in [-0.2, 0) is 11.2 Å². The van der Waals surface area contributed by atoms with Crippen molar-refractivity contribution in [1.82, 2.24) is 9.71 Å². The topological polar surface area (TPSA) is 122 Å². The Morgan fingerprint density at radius 1 is 0.857 bits per heavy atom. The van der Waals surface area contributed by atoms with Gasteiger partial charge in [0.25, 0.3) is 0 Å². The van der Waals surface area contributed by atoms with E-state index in [0.717, 1.165) is 11.1 Å². The van der Waals surface area contributed by atoms with Crippen LogP contribution in [-0.4, -0.2) is 37.0 Å². The van der Waals surface area contributed by atoms with Gasteiger partial charge < -0.3 is 20.2 Å². The molecule has 0 aliphatic carbocycles. The molecule has 8 heteroatoms. The van der Waals surface area contributed by atoms with E-state index in [1.54, 1.807) is 24.3 Å². The lowest BCUT2D eigenvalue weighted by Crippen LogP contribution is -2.19. The molecule has 3 aromatic carbocycles. The van der Waals surface area contributed by atoms with Gasteiger partial charge in [0, 0.05) is 22.9 Å². The Morgan fingerprint density at radius 3 is 2.26 bits per heavy atom. The minimum atomic E-state index is -1.07. The predicted molar refractivity (Wildman–Crippen MR) is 129 cm³/mol. The normalized spacial score (nSPS) is 11.1. The molecule has 0 aliphatic rings. The van der Waals surface area contributed by atoms with Crippen molar-refractivity contribution in [1.29, 1.82) is 0 Å². The molecule has 174 valence electrons. The van der Waals surface area contributed by atoms with Crippen molar-refractivity contribution in [2.24, 2.45) is 0 Å². The predicted octanol–water partition coefficient (Wildman–Crippen LogP) is 4.55. The fourth-order valence-corrected chi connectivity index (χ4v) is 4.21. The zero-order valence-corrected chi connectivity index (χ0v) is 18.4. The number of aryl methyl sites for hydroxylation is 1. The van der Waals surface area contributed by atoms with Crippen LogP contribution in [0, 0.1) is 0 Å². The highest BCUT2D eigenvalue weighted by atomic mass is 16.7. The molecule has 2 aromatic heterocycles. The molecule has 0 bridgehead atoms. The van der Waals surface area contributed by atoms with Crippen LogP contribution in [0.1, 0.15) is 22.3 Å². The molecule has 0 radical (unpaired) electrons. The molecule has 35 heavy (non-hydrogen) atoms. The van der Waals surface area contributed by atoms with Gasteiger partial charge in [0.2, 0.25) is 11.8 Å². The minimum Gasteiger partial charge on any atom is -0.492 e. The molecular formula is C27H20N2O6. The number of fused-ring (bicyclic) bond motifs is 2. The fourth-order valence-electron chi connectivity index (χ4n) is 4.21. The number of aromatic nitrogens is 2. The number of aromatic carboxylic acids is 1. The molecular weight excluding hydrogens is 448 g/mol. The molecule has 0 aliphatic heterocycles. The van der Waals surface area contributed by atoms with Crippen molar-refractivity contribution in [3.05, 3.63) is 90.0 Å². The summed E-state index contributed by atoms with van der Waals surface area (Å²) in [5.41, 5.74) is 3.42. The first-order valence-electron chi connectivity index (χ1n) is 10.9. The SMILES string of the molecule is O=C(CCc1ccc(-c2ccccc2)c2c(C(=O)O)c3ccccc3nc12)On1c(O)ccc1O. The largest absolute Gasteiger partial charge is 0.492 e. The number of rotatable bonds is 6. The van der Waals surface area contributed by atoms with Crippen LogP contribution < -0.4 is 4.84 Å². The molecule has 3 N–H and O–H groups in total. The van der Waals surface area contributed by atoms with E-state index in [4.69, 9.17) is 9.82 Å². The fraction of sp³-hybridized carbons (Fsp3) is 0.0741. The van der Waals surface area contributed by atoms with Crippen LogP contribution in [0.2, 0.25) is 0 Å². The maximum Gasteiger partial charge on any atom is 0.337 e. The first-order valence-corrected chi connectivity index (χ1v) is 10.9. The first kappa shape index (κ1) is 22.0. The number of carbonyl (C=O) groups is 2. The number of hydrogen-bond donors (Lipinski definition) is 3. The quantitative estimate of drug-likeness (QED) is 0.313. The Kier molecular flexibility index (Phi) is 5.54. The Morgan fingerprint density at radius 2 is 1.54 bits per heavy atom. The average molecular weight is 468 g/mol. The van der Waals surface area contributed by atoms with Crippen LogP contribution in [0.5, 0.6) is 11.8 Å². The lowest BCUT2D eigenvalue weighted by molar-refractivity contribution is -0.145. The number of carboxylic acids is 1. The third-order valence-corrected chi connectivity index (χ3v) is 5.80. The molecule has 5 rings (SSSR count). The highest BCUT2D eigenvalue weighted by Crippen LogP contribution is 2.36. The van der Waals surface area contributed by atoms with Gasteiger partial charge in [-0.2, -0.15) is 0 Å². The number of para-hydroxylation sites is 1. The third kappa shape index (κ3) is 4.02. The zero-order valence-electron chi connectivity index (χ0n) is 18.4. The molecule has 0 fully saturated rings. The van der Waals surface area contributed by atoms with E-state index in [1.165, 1.54) is 12.1 Å². The van der Waals surface area contributed by atoms with Crippen molar-refractivity contribution in [3.63, 3.8) is 0 Å². The number of carbonyl (C=O) groups excluding carboxylic acids is 1. The summed E-state index contributed by atoms with van der Waals surface area (Å²) in [6.45, 7) is 0. The van der Waals surface area contributed by atoms with Crippen LogP contribution in [0.15, 0.2) is 78.9 Å². The average Bonchev–Trinajstić information content (AvgIpc) is 3.18.